The maximum absolute atomic E-state index is 14.1. The average Bonchev–Trinajstić information content (AvgIpc) is 3.55. The fourth-order valence-corrected chi connectivity index (χ4v) is 6.61. The van der Waals surface area contributed by atoms with Crippen LogP contribution in [-0.2, 0) is 10.3 Å². The van der Waals surface area contributed by atoms with Crippen LogP contribution in [0.4, 0.5) is 5.69 Å². The first-order valence-electron chi connectivity index (χ1n) is 13.3. The number of hydrogen-bond donors (Lipinski definition) is 0. The first-order chi connectivity index (χ1) is 17.0. The summed E-state index contributed by atoms with van der Waals surface area (Å²) in [6.07, 6.45) is 4.47. The van der Waals surface area contributed by atoms with E-state index in [2.05, 4.69) is 91.2 Å². The third-order valence-electron chi connectivity index (χ3n) is 8.60. The minimum absolute atomic E-state index is 0.0185. The standard InChI is InChI=1S/C31H35N3O/c1-4-34-29(32-27-20-25-15-9-8-14-24(25)19-26(27)31(34)16-17-31)22(3)28(23-12-6-5-7-13-23)30(35)33-18-10-11-21(33)2/h5-9,12-15,19-22,28H,4,10-11,16-18H2,1-3H3/t21-,22?,28?/m0/s1. The van der Waals surface area contributed by atoms with Crippen LogP contribution in [-0.4, -0.2) is 40.7 Å². The molecule has 35 heavy (non-hydrogen) atoms. The van der Waals surface area contributed by atoms with E-state index >= 15 is 0 Å². The van der Waals surface area contributed by atoms with E-state index in [-0.39, 0.29) is 23.3 Å². The molecule has 2 fully saturated rings. The van der Waals surface area contributed by atoms with E-state index in [1.807, 2.05) is 6.07 Å². The van der Waals surface area contributed by atoms with Crippen LogP contribution in [0.3, 0.4) is 0 Å². The monoisotopic (exact) mass is 465 g/mol. The van der Waals surface area contributed by atoms with Gasteiger partial charge in [-0.2, -0.15) is 0 Å². The van der Waals surface area contributed by atoms with Crippen LogP contribution in [0.5, 0.6) is 0 Å². The third-order valence-corrected chi connectivity index (χ3v) is 8.60. The van der Waals surface area contributed by atoms with Gasteiger partial charge in [0.2, 0.25) is 5.91 Å². The molecule has 2 unspecified atom stereocenters. The number of amidine groups is 1. The molecule has 0 aromatic heterocycles. The minimum atomic E-state index is -0.234. The number of carbonyl (C=O) groups is 1. The second kappa shape index (κ2) is 8.51. The van der Waals surface area contributed by atoms with Crippen molar-refractivity contribution in [1.82, 2.24) is 9.80 Å². The summed E-state index contributed by atoms with van der Waals surface area (Å²) >= 11 is 0. The topological polar surface area (TPSA) is 35.9 Å². The Morgan fingerprint density at radius 2 is 1.74 bits per heavy atom. The molecule has 2 heterocycles. The minimum Gasteiger partial charge on any atom is -0.350 e. The summed E-state index contributed by atoms with van der Waals surface area (Å²) in [4.78, 5) is 24.0. The Morgan fingerprint density at radius 1 is 1.06 bits per heavy atom. The first-order valence-corrected chi connectivity index (χ1v) is 13.3. The zero-order valence-electron chi connectivity index (χ0n) is 21.1. The van der Waals surface area contributed by atoms with Gasteiger partial charge in [-0.3, -0.25) is 4.79 Å². The average molecular weight is 466 g/mol. The summed E-state index contributed by atoms with van der Waals surface area (Å²) in [6.45, 7) is 8.40. The van der Waals surface area contributed by atoms with Crippen molar-refractivity contribution in [3.63, 3.8) is 0 Å². The summed E-state index contributed by atoms with van der Waals surface area (Å²) in [6, 6.07) is 23.9. The zero-order valence-corrected chi connectivity index (χ0v) is 21.1. The van der Waals surface area contributed by atoms with Gasteiger partial charge < -0.3 is 9.80 Å². The molecule has 6 rings (SSSR count). The number of amides is 1. The normalized spacial score (nSPS) is 22.1. The highest BCUT2D eigenvalue weighted by molar-refractivity contribution is 5.98. The highest BCUT2D eigenvalue weighted by Gasteiger charge is 2.54. The SMILES string of the molecule is CCN1C(C(C)C(C(=O)N2CCC[C@@H]2C)c2ccccc2)=Nc2cc3ccccc3cc2C12CC2. The fourth-order valence-electron chi connectivity index (χ4n) is 6.61. The van der Waals surface area contributed by atoms with Crippen molar-refractivity contribution in [1.29, 1.82) is 0 Å². The molecule has 3 aromatic rings. The number of likely N-dealkylation sites (tertiary alicyclic amines) is 1. The predicted molar refractivity (Wildman–Crippen MR) is 143 cm³/mol. The molecule has 0 N–H and O–H groups in total. The summed E-state index contributed by atoms with van der Waals surface area (Å²) in [5.41, 5.74) is 3.55. The van der Waals surface area contributed by atoms with Crippen molar-refractivity contribution < 1.29 is 4.79 Å². The van der Waals surface area contributed by atoms with Crippen LogP contribution < -0.4 is 0 Å². The zero-order chi connectivity index (χ0) is 24.2. The molecule has 4 heteroatoms. The Bertz CT molecular complexity index is 1290. The summed E-state index contributed by atoms with van der Waals surface area (Å²) in [5, 5.41) is 2.50. The molecule has 0 bridgehead atoms. The molecular weight excluding hydrogens is 430 g/mol. The Balaban J connectivity index is 1.47. The lowest BCUT2D eigenvalue weighted by Crippen LogP contribution is -2.49. The highest BCUT2D eigenvalue weighted by Crippen LogP contribution is 2.57. The summed E-state index contributed by atoms with van der Waals surface area (Å²) < 4.78 is 0. The molecule has 1 aliphatic carbocycles. The number of hydrogen-bond acceptors (Lipinski definition) is 3. The molecule has 1 saturated carbocycles. The molecule has 1 saturated heterocycles. The molecule has 3 aromatic carbocycles. The van der Waals surface area contributed by atoms with Crippen LogP contribution in [0.1, 0.15) is 63.5 Å². The van der Waals surface area contributed by atoms with Crippen molar-refractivity contribution in [3.05, 3.63) is 77.9 Å². The van der Waals surface area contributed by atoms with Crippen LogP contribution in [0.25, 0.3) is 10.8 Å². The second-order valence-electron chi connectivity index (χ2n) is 10.7. The lowest BCUT2D eigenvalue weighted by atomic mass is 9.82. The van der Waals surface area contributed by atoms with Gasteiger partial charge in [0, 0.05) is 30.6 Å². The number of nitrogens with zero attached hydrogens (tertiary/aromatic N) is 3. The van der Waals surface area contributed by atoms with E-state index in [1.165, 1.54) is 16.3 Å². The van der Waals surface area contributed by atoms with E-state index in [4.69, 9.17) is 4.99 Å². The summed E-state index contributed by atoms with van der Waals surface area (Å²) in [7, 11) is 0. The fraction of sp³-hybridized carbons (Fsp3) is 0.419. The molecule has 0 radical (unpaired) electrons. The van der Waals surface area contributed by atoms with Gasteiger partial charge in [0.25, 0.3) is 0 Å². The second-order valence-corrected chi connectivity index (χ2v) is 10.7. The molecule has 4 nitrogen and oxygen atoms in total. The molecule has 3 atom stereocenters. The Kier molecular flexibility index (Phi) is 5.43. The third kappa shape index (κ3) is 3.57. The van der Waals surface area contributed by atoms with Crippen molar-refractivity contribution in [2.24, 2.45) is 10.9 Å². The van der Waals surface area contributed by atoms with E-state index in [9.17, 15) is 4.79 Å². The largest absolute Gasteiger partial charge is 0.350 e. The van der Waals surface area contributed by atoms with Crippen molar-refractivity contribution in [2.75, 3.05) is 13.1 Å². The molecule has 1 spiro atoms. The molecule has 2 aliphatic heterocycles. The smallest absolute Gasteiger partial charge is 0.231 e. The van der Waals surface area contributed by atoms with E-state index in [0.29, 0.717) is 6.04 Å². The lowest BCUT2D eigenvalue weighted by Gasteiger charge is -2.42. The maximum Gasteiger partial charge on any atom is 0.231 e. The van der Waals surface area contributed by atoms with Crippen LogP contribution in [0.15, 0.2) is 71.7 Å². The van der Waals surface area contributed by atoms with E-state index < -0.39 is 0 Å². The Morgan fingerprint density at radius 3 is 2.37 bits per heavy atom. The maximum atomic E-state index is 14.1. The molecule has 3 aliphatic rings. The van der Waals surface area contributed by atoms with Gasteiger partial charge in [-0.25, -0.2) is 4.99 Å². The van der Waals surface area contributed by atoms with Crippen molar-refractivity contribution >= 4 is 28.2 Å². The van der Waals surface area contributed by atoms with Gasteiger partial charge >= 0.3 is 0 Å². The van der Waals surface area contributed by atoms with Crippen LogP contribution >= 0.6 is 0 Å². The molecule has 1 amide bonds. The van der Waals surface area contributed by atoms with Gasteiger partial charge in [-0.05, 0) is 68.0 Å². The van der Waals surface area contributed by atoms with Gasteiger partial charge in [0.1, 0.15) is 5.84 Å². The highest BCUT2D eigenvalue weighted by atomic mass is 16.2. The van der Waals surface area contributed by atoms with Gasteiger partial charge in [0.05, 0.1) is 17.1 Å². The summed E-state index contributed by atoms with van der Waals surface area (Å²) in [5.74, 6) is 1.07. The number of aliphatic imine (C=N–C) groups is 1. The molecular formula is C31H35N3O. The Labute approximate surface area is 208 Å². The van der Waals surface area contributed by atoms with Gasteiger partial charge in [-0.1, -0.05) is 61.5 Å². The van der Waals surface area contributed by atoms with Crippen LogP contribution in [0.2, 0.25) is 0 Å². The van der Waals surface area contributed by atoms with Gasteiger partial charge in [-0.15, -0.1) is 0 Å². The lowest BCUT2D eigenvalue weighted by molar-refractivity contribution is -0.134. The first kappa shape index (κ1) is 22.3. The molecule has 180 valence electrons. The van der Waals surface area contributed by atoms with E-state index in [1.54, 1.807) is 0 Å². The van der Waals surface area contributed by atoms with E-state index in [0.717, 1.165) is 55.9 Å². The van der Waals surface area contributed by atoms with Crippen molar-refractivity contribution in [2.45, 2.75) is 64.0 Å². The number of fused-ring (bicyclic) bond motifs is 3. The predicted octanol–water partition coefficient (Wildman–Crippen LogP) is 6.63. The number of benzene rings is 3. The quantitative estimate of drug-likeness (QED) is 0.424. The Hall–Kier alpha value is -3.14. The van der Waals surface area contributed by atoms with Crippen molar-refractivity contribution in [3.8, 4) is 0 Å². The number of rotatable bonds is 5. The number of carbonyl (C=O) groups excluding carboxylic acids is 1. The van der Waals surface area contributed by atoms with Gasteiger partial charge in [0.15, 0.2) is 0 Å². The van der Waals surface area contributed by atoms with Crippen LogP contribution in [0, 0.1) is 5.92 Å².